The number of fused-ring (bicyclic) bond motifs is 1. The van der Waals surface area contributed by atoms with Crippen molar-refractivity contribution in [1.29, 1.82) is 0 Å². The van der Waals surface area contributed by atoms with Crippen molar-refractivity contribution in [2.24, 2.45) is 0 Å². The summed E-state index contributed by atoms with van der Waals surface area (Å²) in [4.78, 5) is 14.2. The number of carbonyl (C=O) groups is 1. The minimum Gasteiger partial charge on any atom is -0.491 e. The molecule has 0 bridgehead atoms. The van der Waals surface area contributed by atoms with Crippen LogP contribution < -0.4 is 4.74 Å². The average Bonchev–Trinajstić information content (AvgIpc) is 2.69. The molecule has 132 valence electrons. The summed E-state index contributed by atoms with van der Waals surface area (Å²) in [6.07, 6.45) is 0. The number of benzene rings is 3. The van der Waals surface area contributed by atoms with Gasteiger partial charge in [-0.1, -0.05) is 66.7 Å². The summed E-state index contributed by atoms with van der Waals surface area (Å²) in [6.45, 7) is 1.61. The van der Waals surface area contributed by atoms with Crippen molar-refractivity contribution in [1.82, 2.24) is 4.90 Å². The van der Waals surface area contributed by atoms with Crippen molar-refractivity contribution in [2.45, 2.75) is 12.6 Å². The molecule has 1 unspecified atom stereocenters. The molecule has 26 heavy (non-hydrogen) atoms. The Morgan fingerprint density at radius 2 is 1.73 bits per heavy atom. The van der Waals surface area contributed by atoms with E-state index < -0.39 is 0 Å². The highest BCUT2D eigenvalue weighted by Crippen LogP contribution is 2.26. The van der Waals surface area contributed by atoms with Gasteiger partial charge in [-0.05, 0) is 17.0 Å². The topological polar surface area (TPSA) is 38.8 Å². The molecule has 0 saturated carbocycles. The van der Waals surface area contributed by atoms with Crippen molar-refractivity contribution < 1.29 is 14.3 Å². The van der Waals surface area contributed by atoms with Gasteiger partial charge in [0, 0.05) is 11.9 Å². The molecule has 1 aliphatic rings. The Kier molecular flexibility index (Phi) is 4.84. The fourth-order valence-electron chi connectivity index (χ4n) is 3.30. The average molecular weight is 347 g/mol. The van der Waals surface area contributed by atoms with Gasteiger partial charge in [0.05, 0.1) is 12.6 Å². The molecule has 1 atom stereocenters. The summed E-state index contributed by atoms with van der Waals surface area (Å²) in [5.41, 5.74) is 1.11. The number of rotatable bonds is 5. The third-order valence-corrected chi connectivity index (χ3v) is 4.67. The van der Waals surface area contributed by atoms with Gasteiger partial charge in [-0.25, -0.2) is 0 Å². The van der Waals surface area contributed by atoms with E-state index in [9.17, 15) is 4.79 Å². The van der Waals surface area contributed by atoms with Crippen LogP contribution in [0.1, 0.15) is 5.56 Å². The van der Waals surface area contributed by atoms with Crippen LogP contribution >= 0.6 is 0 Å². The minimum absolute atomic E-state index is 0.00613. The molecule has 1 heterocycles. The minimum atomic E-state index is -0.101. The van der Waals surface area contributed by atoms with Crippen LogP contribution in [0.3, 0.4) is 0 Å². The zero-order valence-electron chi connectivity index (χ0n) is 14.5. The molecule has 1 fully saturated rings. The van der Waals surface area contributed by atoms with Gasteiger partial charge in [-0.2, -0.15) is 0 Å². The predicted molar refractivity (Wildman–Crippen MR) is 101 cm³/mol. The number of hydrogen-bond donors (Lipinski definition) is 0. The maximum atomic E-state index is 12.4. The van der Waals surface area contributed by atoms with E-state index >= 15 is 0 Å². The van der Waals surface area contributed by atoms with Gasteiger partial charge in [-0.15, -0.1) is 0 Å². The molecule has 0 radical (unpaired) electrons. The lowest BCUT2D eigenvalue weighted by atomic mass is 10.1. The molecule has 0 aromatic heterocycles. The lowest BCUT2D eigenvalue weighted by molar-refractivity contribution is -0.150. The highest BCUT2D eigenvalue weighted by atomic mass is 16.5. The third-order valence-electron chi connectivity index (χ3n) is 4.67. The van der Waals surface area contributed by atoms with Gasteiger partial charge in [0.1, 0.15) is 19.0 Å². The smallest absolute Gasteiger partial charge is 0.249 e. The molecule has 0 N–H and O–H groups in total. The largest absolute Gasteiger partial charge is 0.491 e. The highest BCUT2D eigenvalue weighted by Gasteiger charge is 2.29. The molecule has 4 nitrogen and oxygen atoms in total. The van der Waals surface area contributed by atoms with Gasteiger partial charge in [0.2, 0.25) is 5.91 Å². The van der Waals surface area contributed by atoms with E-state index in [2.05, 4.69) is 18.2 Å². The van der Waals surface area contributed by atoms with Crippen LogP contribution in [-0.4, -0.2) is 36.7 Å². The number of carbonyl (C=O) groups excluding carboxylic acids is 1. The van der Waals surface area contributed by atoms with Crippen LogP contribution in [0.4, 0.5) is 0 Å². The Hall–Kier alpha value is -2.85. The Labute approximate surface area is 153 Å². The van der Waals surface area contributed by atoms with Crippen LogP contribution in [0.5, 0.6) is 5.75 Å². The fourth-order valence-corrected chi connectivity index (χ4v) is 3.30. The van der Waals surface area contributed by atoms with E-state index in [0.717, 1.165) is 22.1 Å². The first-order valence-electron chi connectivity index (χ1n) is 8.83. The number of nitrogens with zero attached hydrogens (tertiary/aromatic N) is 1. The van der Waals surface area contributed by atoms with E-state index in [0.29, 0.717) is 19.8 Å². The van der Waals surface area contributed by atoms with Gasteiger partial charge >= 0.3 is 0 Å². The summed E-state index contributed by atoms with van der Waals surface area (Å²) in [5, 5.41) is 2.22. The van der Waals surface area contributed by atoms with Gasteiger partial charge in [0.15, 0.2) is 0 Å². The fraction of sp³-hybridized carbons (Fsp3) is 0.227. The molecule has 4 heteroatoms. The zero-order valence-corrected chi connectivity index (χ0v) is 14.5. The van der Waals surface area contributed by atoms with E-state index in [4.69, 9.17) is 9.47 Å². The van der Waals surface area contributed by atoms with E-state index in [1.54, 1.807) is 0 Å². The summed E-state index contributed by atoms with van der Waals surface area (Å²) in [6, 6.07) is 24.1. The first kappa shape index (κ1) is 16.6. The van der Waals surface area contributed by atoms with Crippen LogP contribution in [-0.2, 0) is 16.1 Å². The lowest BCUT2D eigenvalue weighted by Gasteiger charge is -2.35. The Morgan fingerprint density at radius 3 is 2.62 bits per heavy atom. The van der Waals surface area contributed by atoms with E-state index in [1.807, 2.05) is 59.5 Å². The highest BCUT2D eigenvalue weighted by molar-refractivity contribution is 5.88. The molecule has 1 aliphatic heterocycles. The lowest BCUT2D eigenvalue weighted by Crippen LogP contribution is -2.51. The zero-order chi connectivity index (χ0) is 17.8. The summed E-state index contributed by atoms with van der Waals surface area (Å²) >= 11 is 0. The second kappa shape index (κ2) is 7.58. The van der Waals surface area contributed by atoms with Crippen molar-refractivity contribution in [2.75, 3.05) is 19.8 Å². The van der Waals surface area contributed by atoms with Crippen molar-refractivity contribution in [3.8, 4) is 5.75 Å². The Balaban J connectivity index is 1.50. The maximum Gasteiger partial charge on any atom is 0.249 e. The number of ether oxygens (including phenoxy) is 2. The summed E-state index contributed by atoms with van der Waals surface area (Å²) in [5.74, 6) is 0.840. The van der Waals surface area contributed by atoms with Crippen molar-refractivity contribution in [3.63, 3.8) is 0 Å². The van der Waals surface area contributed by atoms with Gasteiger partial charge in [0.25, 0.3) is 0 Å². The van der Waals surface area contributed by atoms with Crippen LogP contribution in [0.15, 0.2) is 72.8 Å². The van der Waals surface area contributed by atoms with E-state index in [-0.39, 0.29) is 18.6 Å². The molecule has 4 rings (SSSR count). The van der Waals surface area contributed by atoms with Crippen LogP contribution in [0.25, 0.3) is 10.8 Å². The molecule has 0 aliphatic carbocycles. The monoisotopic (exact) mass is 347 g/mol. The summed E-state index contributed by atoms with van der Waals surface area (Å²) < 4.78 is 11.6. The second-order valence-electron chi connectivity index (χ2n) is 6.46. The molecule has 3 aromatic carbocycles. The van der Waals surface area contributed by atoms with Crippen molar-refractivity contribution >= 4 is 16.7 Å². The van der Waals surface area contributed by atoms with Gasteiger partial charge in [-0.3, -0.25) is 4.79 Å². The molecule has 3 aromatic rings. The Bertz CT molecular complexity index is 889. The Morgan fingerprint density at radius 1 is 0.962 bits per heavy atom. The van der Waals surface area contributed by atoms with E-state index in [1.165, 1.54) is 0 Å². The maximum absolute atomic E-state index is 12.4. The number of morpholine rings is 1. The standard InChI is InChI=1S/C22H21NO3/c24-22-16-25-14-19(23(22)13-17-7-2-1-3-8-17)15-26-21-12-6-10-18-9-4-5-11-20(18)21/h1-12,19H,13-16H2. The normalized spacial score (nSPS) is 17.5. The second-order valence-corrected chi connectivity index (χ2v) is 6.46. The SMILES string of the molecule is O=C1COCC(COc2cccc3ccccc23)N1Cc1ccccc1. The quantitative estimate of drug-likeness (QED) is 0.707. The van der Waals surface area contributed by atoms with Crippen molar-refractivity contribution in [3.05, 3.63) is 78.4 Å². The van der Waals surface area contributed by atoms with Crippen LogP contribution in [0.2, 0.25) is 0 Å². The molecular formula is C22H21NO3. The summed E-state index contributed by atoms with van der Waals surface area (Å²) in [7, 11) is 0. The van der Waals surface area contributed by atoms with Gasteiger partial charge < -0.3 is 14.4 Å². The molecular weight excluding hydrogens is 326 g/mol. The first-order chi connectivity index (χ1) is 12.8. The number of amides is 1. The first-order valence-corrected chi connectivity index (χ1v) is 8.83. The molecule has 0 spiro atoms. The molecule has 1 saturated heterocycles. The predicted octanol–water partition coefficient (Wildman–Crippen LogP) is 3.65. The number of hydrogen-bond acceptors (Lipinski definition) is 3. The molecule has 1 amide bonds. The van der Waals surface area contributed by atoms with Crippen LogP contribution in [0, 0.1) is 0 Å². The third kappa shape index (κ3) is 3.55.